The zero-order chi connectivity index (χ0) is 18.1. The molecule has 0 unspecified atom stereocenters. The van der Waals surface area contributed by atoms with Gasteiger partial charge in [-0.3, -0.25) is 9.69 Å². The summed E-state index contributed by atoms with van der Waals surface area (Å²) in [5.41, 5.74) is 4.28. The molecule has 0 aliphatic carbocycles. The van der Waals surface area contributed by atoms with Crippen LogP contribution < -0.4 is 5.32 Å². The average Bonchev–Trinajstić information content (AvgIpc) is 3.25. The van der Waals surface area contributed by atoms with Crippen LogP contribution in [0.4, 0.5) is 5.69 Å². The van der Waals surface area contributed by atoms with Gasteiger partial charge in [0.05, 0.1) is 22.8 Å². The van der Waals surface area contributed by atoms with Crippen LogP contribution in [0.3, 0.4) is 0 Å². The Balaban J connectivity index is 1.48. The highest BCUT2D eigenvalue weighted by Gasteiger charge is 2.30. The van der Waals surface area contributed by atoms with E-state index in [-0.39, 0.29) is 11.9 Å². The van der Waals surface area contributed by atoms with Gasteiger partial charge in [0.25, 0.3) is 0 Å². The topological polar surface area (TPSA) is 45.2 Å². The summed E-state index contributed by atoms with van der Waals surface area (Å²) in [5, 5.41) is 4.21. The van der Waals surface area contributed by atoms with Crippen LogP contribution in [0.2, 0.25) is 0 Å². The number of benzene rings is 2. The van der Waals surface area contributed by atoms with Gasteiger partial charge in [0.1, 0.15) is 5.01 Å². The van der Waals surface area contributed by atoms with Crippen LogP contribution in [0.15, 0.2) is 42.5 Å². The number of likely N-dealkylation sites (tertiary alicyclic amines) is 1. The molecular formula is C21H23N3OS. The highest BCUT2D eigenvalue weighted by Crippen LogP contribution is 2.36. The first kappa shape index (κ1) is 17.2. The quantitative estimate of drug-likeness (QED) is 0.729. The van der Waals surface area contributed by atoms with Crippen molar-refractivity contribution in [3.8, 4) is 0 Å². The van der Waals surface area contributed by atoms with Gasteiger partial charge >= 0.3 is 0 Å². The Morgan fingerprint density at radius 3 is 2.92 bits per heavy atom. The number of thiazole rings is 1. The number of carbonyl (C=O) groups excluding carboxylic acids is 1. The van der Waals surface area contributed by atoms with Gasteiger partial charge in [-0.2, -0.15) is 0 Å². The van der Waals surface area contributed by atoms with Crippen LogP contribution in [0.5, 0.6) is 0 Å². The van der Waals surface area contributed by atoms with E-state index in [1.165, 1.54) is 10.3 Å². The van der Waals surface area contributed by atoms with E-state index in [2.05, 4.69) is 35.3 Å². The average molecular weight is 366 g/mol. The van der Waals surface area contributed by atoms with E-state index in [1.54, 1.807) is 11.3 Å². The van der Waals surface area contributed by atoms with Crippen molar-refractivity contribution in [2.24, 2.45) is 0 Å². The number of amides is 1. The largest absolute Gasteiger partial charge is 0.325 e. The highest BCUT2D eigenvalue weighted by atomic mass is 32.1. The number of anilines is 1. The summed E-state index contributed by atoms with van der Waals surface area (Å²) in [6.45, 7) is 5.47. The van der Waals surface area contributed by atoms with Crippen molar-refractivity contribution in [1.29, 1.82) is 0 Å². The minimum Gasteiger partial charge on any atom is -0.325 e. The van der Waals surface area contributed by atoms with Gasteiger partial charge in [-0.05, 0) is 62.6 Å². The van der Waals surface area contributed by atoms with E-state index < -0.39 is 0 Å². The Labute approximate surface area is 157 Å². The van der Waals surface area contributed by atoms with Crippen LogP contribution in [0.1, 0.15) is 35.0 Å². The van der Waals surface area contributed by atoms with E-state index in [4.69, 9.17) is 4.98 Å². The predicted octanol–water partition coefficient (Wildman–Crippen LogP) is 4.69. The van der Waals surface area contributed by atoms with Crippen LogP contribution in [-0.4, -0.2) is 28.9 Å². The van der Waals surface area contributed by atoms with Crippen molar-refractivity contribution in [1.82, 2.24) is 9.88 Å². The fourth-order valence-electron chi connectivity index (χ4n) is 3.59. The molecule has 1 saturated heterocycles. The molecule has 1 atom stereocenters. The molecule has 2 heterocycles. The zero-order valence-electron chi connectivity index (χ0n) is 15.2. The van der Waals surface area contributed by atoms with Crippen LogP contribution in [0.25, 0.3) is 10.2 Å². The minimum absolute atomic E-state index is 0.0479. The fourth-order valence-corrected chi connectivity index (χ4v) is 4.73. The van der Waals surface area contributed by atoms with Gasteiger partial charge in [-0.25, -0.2) is 4.98 Å². The molecule has 1 N–H and O–H groups in total. The maximum absolute atomic E-state index is 12.6. The smallest absolute Gasteiger partial charge is 0.238 e. The first-order valence-corrected chi connectivity index (χ1v) is 9.89. The number of rotatable bonds is 4. The lowest BCUT2D eigenvalue weighted by Crippen LogP contribution is -2.33. The number of hydrogen-bond acceptors (Lipinski definition) is 4. The molecule has 2 aromatic carbocycles. The standard InChI is InChI=1S/C21H23N3OS/c1-14-7-5-9-16(15(14)2)22-20(25)13-24-12-6-10-18(24)21-23-17-8-3-4-11-19(17)26-21/h3-5,7-9,11,18H,6,10,12-13H2,1-2H3,(H,22,25)/t18-/m0/s1. The monoisotopic (exact) mass is 365 g/mol. The Kier molecular flexibility index (Phi) is 4.74. The van der Waals surface area contributed by atoms with Gasteiger partial charge in [0, 0.05) is 5.69 Å². The Bertz CT molecular complexity index is 916. The third kappa shape index (κ3) is 3.37. The minimum atomic E-state index is 0.0479. The molecule has 1 aliphatic heterocycles. The number of aromatic nitrogens is 1. The molecule has 1 aliphatic rings. The van der Waals surface area contributed by atoms with Crippen molar-refractivity contribution in [2.45, 2.75) is 32.7 Å². The van der Waals surface area contributed by atoms with Crippen molar-refractivity contribution in [2.75, 3.05) is 18.4 Å². The number of hydrogen-bond donors (Lipinski definition) is 1. The molecule has 1 aromatic heterocycles. The van der Waals surface area contributed by atoms with Crippen LogP contribution in [0, 0.1) is 13.8 Å². The lowest BCUT2D eigenvalue weighted by Gasteiger charge is -2.22. The highest BCUT2D eigenvalue weighted by molar-refractivity contribution is 7.18. The van der Waals surface area contributed by atoms with E-state index in [9.17, 15) is 4.79 Å². The van der Waals surface area contributed by atoms with Crippen LogP contribution in [-0.2, 0) is 4.79 Å². The summed E-state index contributed by atoms with van der Waals surface area (Å²) in [6, 6.07) is 14.5. The second-order valence-electron chi connectivity index (χ2n) is 6.94. The van der Waals surface area contributed by atoms with Crippen molar-refractivity contribution < 1.29 is 4.79 Å². The molecule has 134 valence electrons. The summed E-state index contributed by atoms with van der Waals surface area (Å²) in [7, 11) is 0. The second kappa shape index (κ2) is 7.17. The van der Waals surface area contributed by atoms with Gasteiger partial charge < -0.3 is 5.32 Å². The molecule has 1 amide bonds. The molecule has 0 spiro atoms. The number of aryl methyl sites for hydroxylation is 1. The molecular weight excluding hydrogens is 342 g/mol. The Morgan fingerprint density at radius 1 is 1.23 bits per heavy atom. The third-order valence-electron chi connectivity index (χ3n) is 5.18. The molecule has 0 radical (unpaired) electrons. The van der Waals surface area contributed by atoms with Gasteiger partial charge in [-0.1, -0.05) is 24.3 Å². The molecule has 0 saturated carbocycles. The molecule has 26 heavy (non-hydrogen) atoms. The maximum Gasteiger partial charge on any atom is 0.238 e. The van der Waals surface area contributed by atoms with Crippen molar-refractivity contribution in [3.63, 3.8) is 0 Å². The van der Waals surface area contributed by atoms with Gasteiger partial charge in [0.15, 0.2) is 0 Å². The fraction of sp³-hybridized carbons (Fsp3) is 0.333. The van der Waals surface area contributed by atoms with Crippen molar-refractivity contribution in [3.05, 3.63) is 58.6 Å². The Hall–Kier alpha value is -2.24. The lowest BCUT2D eigenvalue weighted by atomic mass is 10.1. The van der Waals surface area contributed by atoms with E-state index in [0.29, 0.717) is 6.54 Å². The molecule has 5 heteroatoms. The molecule has 4 nitrogen and oxygen atoms in total. The first-order valence-electron chi connectivity index (χ1n) is 9.07. The molecule has 3 aromatic rings. The number of nitrogens with one attached hydrogen (secondary N) is 1. The van der Waals surface area contributed by atoms with Gasteiger partial charge in [0.2, 0.25) is 5.91 Å². The van der Waals surface area contributed by atoms with E-state index in [0.717, 1.165) is 41.2 Å². The molecule has 0 bridgehead atoms. The summed E-state index contributed by atoms with van der Waals surface area (Å²) >= 11 is 1.75. The second-order valence-corrected chi connectivity index (χ2v) is 8.01. The number of fused-ring (bicyclic) bond motifs is 1. The summed E-state index contributed by atoms with van der Waals surface area (Å²) in [4.78, 5) is 19.7. The van der Waals surface area contributed by atoms with Crippen LogP contribution >= 0.6 is 11.3 Å². The number of para-hydroxylation sites is 1. The molecule has 4 rings (SSSR count). The third-order valence-corrected chi connectivity index (χ3v) is 6.32. The zero-order valence-corrected chi connectivity index (χ0v) is 16.0. The number of carbonyl (C=O) groups is 1. The normalized spacial score (nSPS) is 17.7. The summed E-state index contributed by atoms with van der Waals surface area (Å²) in [5.74, 6) is 0.0479. The summed E-state index contributed by atoms with van der Waals surface area (Å²) < 4.78 is 1.22. The van der Waals surface area contributed by atoms with Crippen molar-refractivity contribution >= 4 is 33.1 Å². The molecule has 1 fully saturated rings. The van der Waals surface area contributed by atoms with E-state index in [1.807, 2.05) is 31.2 Å². The lowest BCUT2D eigenvalue weighted by molar-refractivity contribution is -0.117. The van der Waals surface area contributed by atoms with Gasteiger partial charge in [-0.15, -0.1) is 11.3 Å². The first-order chi connectivity index (χ1) is 12.6. The maximum atomic E-state index is 12.6. The van der Waals surface area contributed by atoms with E-state index >= 15 is 0 Å². The SMILES string of the molecule is Cc1cccc(NC(=O)CN2CCC[C@H]2c2nc3ccccc3s2)c1C. The summed E-state index contributed by atoms with van der Waals surface area (Å²) in [6.07, 6.45) is 2.17. The predicted molar refractivity (Wildman–Crippen MR) is 108 cm³/mol. The number of nitrogens with zero attached hydrogens (tertiary/aromatic N) is 2. The Morgan fingerprint density at radius 2 is 2.08 bits per heavy atom.